The summed E-state index contributed by atoms with van der Waals surface area (Å²) in [6.45, 7) is 17.4. The van der Waals surface area contributed by atoms with Crippen LogP contribution < -0.4 is 0 Å². The van der Waals surface area contributed by atoms with Gasteiger partial charge in [0.05, 0.1) is 12.1 Å². The molecule has 144 valence electrons. The van der Waals surface area contributed by atoms with E-state index in [-0.39, 0.29) is 23.3 Å². The van der Waals surface area contributed by atoms with Crippen LogP contribution in [-0.2, 0) is 9.16 Å². The number of nitrogens with zero attached hydrogens (tertiary/aromatic N) is 4. The molecule has 1 amide bonds. The first-order valence-electron chi connectivity index (χ1n) is 8.97. The van der Waals surface area contributed by atoms with Gasteiger partial charge in [-0.05, 0) is 57.3 Å². The summed E-state index contributed by atoms with van der Waals surface area (Å²) in [6, 6.07) is -0.258. The van der Waals surface area contributed by atoms with Crippen molar-refractivity contribution in [2.24, 2.45) is 5.11 Å². The predicted molar refractivity (Wildman–Crippen MR) is 102 cm³/mol. The van der Waals surface area contributed by atoms with Crippen molar-refractivity contribution in [3.8, 4) is 0 Å². The molecule has 0 aromatic heterocycles. The van der Waals surface area contributed by atoms with Crippen molar-refractivity contribution in [1.29, 1.82) is 0 Å². The van der Waals surface area contributed by atoms with Crippen LogP contribution in [0.15, 0.2) is 5.11 Å². The summed E-state index contributed by atoms with van der Waals surface area (Å²) in [6.07, 6.45) is 0.841. The first-order chi connectivity index (χ1) is 11.3. The van der Waals surface area contributed by atoms with E-state index in [1.165, 1.54) is 0 Å². The van der Waals surface area contributed by atoms with Crippen LogP contribution in [-0.4, -0.2) is 50.1 Å². The number of carbonyl (C=O) groups is 1. The van der Waals surface area contributed by atoms with Crippen molar-refractivity contribution in [3.05, 3.63) is 10.4 Å². The SMILES string of the molecule is CC(C)(C)OC(=O)N1CCC[C@H](N=[N+]=[N-])[C@H](O[Si](C)(C)C(C)(C)C)C1. The van der Waals surface area contributed by atoms with Crippen molar-refractivity contribution >= 4 is 14.4 Å². The van der Waals surface area contributed by atoms with E-state index in [1.54, 1.807) is 4.90 Å². The summed E-state index contributed by atoms with van der Waals surface area (Å²) in [5.74, 6) is 0. The van der Waals surface area contributed by atoms with Gasteiger partial charge in [-0.15, -0.1) is 0 Å². The maximum Gasteiger partial charge on any atom is 0.410 e. The van der Waals surface area contributed by atoms with Crippen molar-refractivity contribution in [3.63, 3.8) is 0 Å². The number of azide groups is 1. The Morgan fingerprint density at radius 1 is 1.24 bits per heavy atom. The molecule has 0 unspecified atom stereocenters. The maximum atomic E-state index is 12.5. The molecule has 2 atom stereocenters. The molecule has 0 radical (unpaired) electrons. The van der Waals surface area contributed by atoms with E-state index in [0.29, 0.717) is 19.5 Å². The average Bonchev–Trinajstić information content (AvgIpc) is 2.59. The van der Waals surface area contributed by atoms with Gasteiger partial charge in [0.1, 0.15) is 5.60 Å². The van der Waals surface area contributed by atoms with Gasteiger partial charge in [-0.2, -0.15) is 0 Å². The lowest BCUT2D eigenvalue weighted by molar-refractivity contribution is 0.0174. The number of carbonyl (C=O) groups excluding carboxylic acids is 1. The molecule has 0 N–H and O–H groups in total. The van der Waals surface area contributed by atoms with Gasteiger partial charge in [-0.25, -0.2) is 4.79 Å². The maximum absolute atomic E-state index is 12.5. The van der Waals surface area contributed by atoms with E-state index in [0.717, 1.165) is 6.42 Å². The number of likely N-dealkylation sites (tertiary alicyclic amines) is 1. The topological polar surface area (TPSA) is 87.5 Å². The molecular weight excluding hydrogens is 336 g/mol. The summed E-state index contributed by atoms with van der Waals surface area (Å²) >= 11 is 0. The van der Waals surface area contributed by atoms with Gasteiger partial charge in [-0.1, -0.05) is 25.9 Å². The fraction of sp³-hybridized carbons (Fsp3) is 0.941. The second kappa shape index (κ2) is 7.97. The Balaban J connectivity index is 3.01. The average molecular weight is 371 g/mol. The first-order valence-corrected chi connectivity index (χ1v) is 11.9. The molecule has 0 aliphatic carbocycles. The molecule has 1 rings (SSSR count). The largest absolute Gasteiger partial charge is 0.444 e. The Labute approximate surface area is 152 Å². The molecular formula is C17H34N4O3Si. The van der Waals surface area contributed by atoms with Gasteiger partial charge in [0.15, 0.2) is 8.32 Å². The molecule has 1 aliphatic heterocycles. The molecule has 0 aromatic rings. The molecule has 1 aliphatic rings. The zero-order chi connectivity index (χ0) is 19.5. The van der Waals surface area contributed by atoms with Crippen LogP contribution in [0, 0.1) is 0 Å². The Hall–Kier alpha value is -1.24. The number of hydrogen-bond acceptors (Lipinski definition) is 4. The van der Waals surface area contributed by atoms with Crippen molar-refractivity contribution in [2.75, 3.05) is 13.1 Å². The lowest BCUT2D eigenvalue weighted by Crippen LogP contribution is -2.50. The van der Waals surface area contributed by atoms with Crippen molar-refractivity contribution < 1.29 is 14.0 Å². The third-order valence-corrected chi connectivity index (χ3v) is 9.37. The van der Waals surface area contributed by atoms with Gasteiger partial charge in [-0.3, -0.25) is 0 Å². The second-order valence-corrected chi connectivity index (χ2v) is 14.0. The minimum Gasteiger partial charge on any atom is -0.444 e. The van der Waals surface area contributed by atoms with Crippen LogP contribution in [0.2, 0.25) is 18.1 Å². The smallest absolute Gasteiger partial charge is 0.410 e. The highest BCUT2D eigenvalue weighted by molar-refractivity contribution is 6.74. The summed E-state index contributed by atoms with van der Waals surface area (Å²) in [7, 11) is -2.06. The van der Waals surface area contributed by atoms with Crippen LogP contribution in [0.4, 0.5) is 4.79 Å². The highest BCUT2D eigenvalue weighted by Gasteiger charge is 2.42. The van der Waals surface area contributed by atoms with Crippen LogP contribution in [0.25, 0.3) is 10.4 Å². The summed E-state index contributed by atoms with van der Waals surface area (Å²) in [5, 5.41) is 4.00. The second-order valence-electron chi connectivity index (χ2n) is 9.26. The van der Waals surface area contributed by atoms with E-state index in [9.17, 15) is 4.79 Å². The lowest BCUT2D eigenvalue weighted by Gasteiger charge is -2.41. The summed E-state index contributed by atoms with van der Waals surface area (Å²) in [4.78, 5) is 17.2. The van der Waals surface area contributed by atoms with Crippen LogP contribution in [0.5, 0.6) is 0 Å². The Morgan fingerprint density at radius 2 is 1.84 bits per heavy atom. The third-order valence-electron chi connectivity index (χ3n) is 4.86. The highest BCUT2D eigenvalue weighted by Crippen LogP contribution is 2.38. The van der Waals surface area contributed by atoms with Gasteiger partial charge < -0.3 is 14.1 Å². The zero-order valence-electron chi connectivity index (χ0n) is 17.0. The van der Waals surface area contributed by atoms with E-state index < -0.39 is 13.9 Å². The molecule has 1 saturated heterocycles. The summed E-state index contributed by atoms with van der Waals surface area (Å²) in [5.41, 5.74) is 8.38. The Morgan fingerprint density at radius 3 is 2.32 bits per heavy atom. The third kappa shape index (κ3) is 6.53. The molecule has 1 heterocycles. The number of amides is 1. The minimum absolute atomic E-state index is 0.0387. The Bertz CT molecular complexity index is 519. The van der Waals surface area contributed by atoms with Crippen molar-refractivity contribution in [2.45, 2.75) is 90.3 Å². The molecule has 0 saturated carbocycles. The molecule has 7 nitrogen and oxygen atoms in total. The quantitative estimate of drug-likeness (QED) is 0.300. The molecule has 0 bridgehead atoms. The standard InChI is InChI=1S/C17H34N4O3Si/c1-16(2,3)23-15(22)21-11-9-10-13(19-20-18)14(12-21)24-25(7,8)17(4,5)6/h13-14H,9-12H2,1-8H3/t13-,14+/m0/s1. The number of ether oxygens (including phenoxy) is 1. The Kier molecular flexibility index (Phi) is 6.95. The fourth-order valence-corrected chi connectivity index (χ4v) is 3.81. The molecule has 0 spiro atoms. The fourth-order valence-electron chi connectivity index (χ4n) is 2.47. The van der Waals surface area contributed by atoms with Crippen LogP contribution >= 0.6 is 0 Å². The number of hydrogen-bond donors (Lipinski definition) is 0. The van der Waals surface area contributed by atoms with E-state index in [4.69, 9.17) is 14.7 Å². The van der Waals surface area contributed by atoms with Crippen molar-refractivity contribution in [1.82, 2.24) is 4.90 Å². The zero-order valence-corrected chi connectivity index (χ0v) is 18.0. The molecule has 0 aromatic carbocycles. The van der Waals surface area contributed by atoms with Gasteiger partial charge in [0.25, 0.3) is 0 Å². The van der Waals surface area contributed by atoms with Crippen LogP contribution in [0.1, 0.15) is 54.4 Å². The highest BCUT2D eigenvalue weighted by atomic mass is 28.4. The summed E-state index contributed by atoms with van der Waals surface area (Å²) < 4.78 is 12.0. The van der Waals surface area contributed by atoms with E-state index in [1.807, 2.05) is 20.8 Å². The molecule has 1 fully saturated rings. The van der Waals surface area contributed by atoms with Gasteiger partial charge in [0, 0.05) is 18.0 Å². The van der Waals surface area contributed by atoms with Gasteiger partial charge in [0.2, 0.25) is 0 Å². The molecule has 25 heavy (non-hydrogen) atoms. The first kappa shape index (κ1) is 21.8. The van der Waals surface area contributed by atoms with E-state index >= 15 is 0 Å². The van der Waals surface area contributed by atoms with Gasteiger partial charge >= 0.3 is 6.09 Å². The van der Waals surface area contributed by atoms with E-state index in [2.05, 4.69) is 43.9 Å². The van der Waals surface area contributed by atoms with Crippen LogP contribution in [0.3, 0.4) is 0 Å². The molecule has 8 heteroatoms. The predicted octanol–water partition coefficient (Wildman–Crippen LogP) is 5.09. The monoisotopic (exact) mass is 370 g/mol. The minimum atomic E-state index is -2.06. The number of rotatable bonds is 3. The normalized spacial score (nSPS) is 22.8. The lowest BCUT2D eigenvalue weighted by atomic mass is 10.1.